The van der Waals surface area contributed by atoms with E-state index in [1.165, 1.54) is 0 Å². The van der Waals surface area contributed by atoms with Crippen LogP contribution in [0, 0.1) is 0 Å². The van der Waals surface area contributed by atoms with Crippen molar-refractivity contribution in [2.75, 3.05) is 40.0 Å². The van der Waals surface area contributed by atoms with Crippen LogP contribution in [0.5, 0.6) is 0 Å². The highest BCUT2D eigenvalue weighted by Crippen LogP contribution is 2.21. The van der Waals surface area contributed by atoms with Crippen LogP contribution in [0.4, 0.5) is 0 Å². The predicted molar refractivity (Wildman–Crippen MR) is 78.0 cm³/mol. The molecule has 0 saturated carbocycles. The van der Waals surface area contributed by atoms with E-state index in [0.29, 0.717) is 0 Å². The zero-order chi connectivity index (χ0) is 14.1. The third-order valence-electron chi connectivity index (χ3n) is 3.56. The highest BCUT2D eigenvalue weighted by Gasteiger charge is 2.26. The Bertz CT molecular complexity index is 345. The van der Waals surface area contributed by atoms with E-state index in [1.54, 1.807) is 7.11 Å². The minimum Gasteiger partial charge on any atom is -0.394 e. The van der Waals surface area contributed by atoms with Crippen molar-refractivity contribution >= 4 is 0 Å². The Kier molecular flexibility index (Phi) is 7.02. The number of hydrogen-bond donors (Lipinski definition) is 2. The molecule has 0 heterocycles. The summed E-state index contributed by atoms with van der Waals surface area (Å²) in [5.41, 5.74) is 6.66. The van der Waals surface area contributed by atoms with Crippen LogP contribution in [0.2, 0.25) is 0 Å². The van der Waals surface area contributed by atoms with Crippen molar-refractivity contribution in [3.05, 3.63) is 35.9 Å². The van der Waals surface area contributed by atoms with Gasteiger partial charge in [0.05, 0.1) is 18.8 Å². The Hall–Kier alpha value is -0.940. The van der Waals surface area contributed by atoms with E-state index in [9.17, 15) is 5.11 Å². The van der Waals surface area contributed by atoms with E-state index in [-0.39, 0.29) is 6.61 Å². The lowest BCUT2D eigenvalue weighted by Crippen LogP contribution is -2.44. The lowest BCUT2D eigenvalue weighted by molar-refractivity contribution is 0.131. The normalized spacial score (nSPS) is 14.6. The van der Waals surface area contributed by atoms with E-state index < -0.39 is 5.54 Å². The molecule has 1 atom stereocenters. The number of aliphatic hydroxyl groups excluding tert-OH is 1. The van der Waals surface area contributed by atoms with Gasteiger partial charge < -0.3 is 20.5 Å². The maximum absolute atomic E-state index is 9.63. The van der Waals surface area contributed by atoms with Crippen LogP contribution in [0.25, 0.3) is 0 Å². The number of nitrogens with two attached hydrogens (primary N) is 1. The summed E-state index contributed by atoms with van der Waals surface area (Å²) in [7, 11) is 1.71. The number of hydrogen-bond acceptors (Lipinski definition) is 4. The smallest absolute Gasteiger partial charge is 0.0656 e. The van der Waals surface area contributed by atoms with Crippen LogP contribution >= 0.6 is 0 Å². The molecular weight excluding hydrogens is 240 g/mol. The van der Waals surface area contributed by atoms with Gasteiger partial charge in [-0.2, -0.15) is 0 Å². The SMILES string of the molecule is CCN(CCOC)CCC(N)(CO)c1ccccc1. The summed E-state index contributed by atoms with van der Waals surface area (Å²) in [5.74, 6) is 0. The van der Waals surface area contributed by atoms with Crippen molar-refractivity contribution in [3.63, 3.8) is 0 Å². The number of likely N-dealkylation sites (N-methyl/N-ethyl adjacent to an activating group) is 1. The number of rotatable bonds is 9. The summed E-state index contributed by atoms with van der Waals surface area (Å²) in [6, 6.07) is 9.81. The molecule has 0 amide bonds. The maximum Gasteiger partial charge on any atom is 0.0656 e. The average molecular weight is 266 g/mol. The van der Waals surface area contributed by atoms with Crippen molar-refractivity contribution in [2.24, 2.45) is 5.73 Å². The van der Waals surface area contributed by atoms with E-state index in [1.807, 2.05) is 30.3 Å². The molecule has 0 bridgehead atoms. The zero-order valence-corrected chi connectivity index (χ0v) is 12.0. The molecule has 0 saturated heterocycles. The molecule has 1 unspecified atom stereocenters. The maximum atomic E-state index is 9.63. The first-order valence-electron chi connectivity index (χ1n) is 6.83. The number of benzene rings is 1. The topological polar surface area (TPSA) is 58.7 Å². The van der Waals surface area contributed by atoms with Gasteiger partial charge in [0.25, 0.3) is 0 Å². The molecule has 0 aromatic heterocycles. The van der Waals surface area contributed by atoms with Crippen LogP contribution in [-0.4, -0.2) is 50.0 Å². The standard InChI is InChI=1S/C15H26N2O2/c1-3-17(11-12-19-2)10-9-15(16,13-18)14-7-5-4-6-8-14/h4-8,18H,3,9-13,16H2,1-2H3. The minimum absolute atomic E-state index is 0.0428. The first kappa shape index (κ1) is 16.1. The minimum atomic E-state index is -0.665. The summed E-state index contributed by atoms with van der Waals surface area (Å²) in [4.78, 5) is 2.28. The van der Waals surface area contributed by atoms with Crippen molar-refractivity contribution in [1.29, 1.82) is 0 Å². The Labute approximate surface area is 116 Å². The van der Waals surface area contributed by atoms with Gasteiger partial charge in [0, 0.05) is 20.2 Å². The molecule has 19 heavy (non-hydrogen) atoms. The van der Waals surface area contributed by atoms with Crippen molar-refractivity contribution in [2.45, 2.75) is 18.9 Å². The first-order chi connectivity index (χ1) is 9.16. The van der Waals surface area contributed by atoms with Gasteiger partial charge in [-0.1, -0.05) is 37.3 Å². The summed E-state index contributed by atoms with van der Waals surface area (Å²) < 4.78 is 5.09. The van der Waals surface area contributed by atoms with Crippen LogP contribution in [0.1, 0.15) is 18.9 Å². The van der Waals surface area contributed by atoms with Gasteiger partial charge in [-0.15, -0.1) is 0 Å². The zero-order valence-electron chi connectivity index (χ0n) is 12.0. The highest BCUT2D eigenvalue weighted by atomic mass is 16.5. The molecule has 108 valence electrons. The van der Waals surface area contributed by atoms with Gasteiger partial charge in [-0.3, -0.25) is 0 Å². The Balaban J connectivity index is 2.61. The van der Waals surface area contributed by atoms with Crippen molar-refractivity contribution in [3.8, 4) is 0 Å². The number of nitrogens with zero attached hydrogens (tertiary/aromatic N) is 1. The second-order valence-electron chi connectivity index (χ2n) is 4.86. The van der Waals surface area contributed by atoms with Gasteiger partial charge in [0.15, 0.2) is 0 Å². The third-order valence-corrected chi connectivity index (χ3v) is 3.56. The molecule has 4 nitrogen and oxygen atoms in total. The molecule has 0 radical (unpaired) electrons. The fourth-order valence-corrected chi connectivity index (χ4v) is 2.09. The van der Waals surface area contributed by atoms with E-state index in [2.05, 4.69) is 11.8 Å². The summed E-state index contributed by atoms with van der Waals surface area (Å²) >= 11 is 0. The van der Waals surface area contributed by atoms with Crippen LogP contribution in [0.15, 0.2) is 30.3 Å². The second kappa shape index (κ2) is 8.27. The van der Waals surface area contributed by atoms with Crippen LogP contribution in [0.3, 0.4) is 0 Å². The largest absolute Gasteiger partial charge is 0.394 e. The quantitative estimate of drug-likeness (QED) is 0.705. The first-order valence-corrected chi connectivity index (χ1v) is 6.83. The molecule has 0 aliphatic carbocycles. The molecule has 0 aliphatic heterocycles. The summed E-state index contributed by atoms with van der Waals surface area (Å²) in [6.45, 7) is 5.50. The molecule has 1 aromatic carbocycles. The van der Waals surface area contributed by atoms with E-state index in [4.69, 9.17) is 10.5 Å². The Morgan fingerprint density at radius 1 is 1.26 bits per heavy atom. The Morgan fingerprint density at radius 3 is 2.47 bits per heavy atom. The third kappa shape index (κ3) is 4.91. The van der Waals surface area contributed by atoms with Gasteiger partial charge in [0.1, 0.15) is 0 Å². The molecule has 0 fully saturated rings. The highest BCUT2D eigenvalue weighted by molar-refractivity contribution is 5.24. The lowest BCUT2D eigenvalue weighted by Gasteiger charge is -2.31. The number of aliphatic hydroxyl groups is 1. The number of methoxy groups -OCH3 is 1. The molecule has 3 N–H and O–H groups in total. The fourth-order valence-electron chi connectivity index (χ4n) is 2.09. The molecule has 4 heteroatoms. The van der Waals surface area contributed by atoms with Crippen molar-refractivity contribution in [1.82, 2.24) is 4.90 Å². The number of ether oxygens (including phenoxy) is 1. The van der Waals surface area contributed by atoms with Gasteiger partial charge in [0.2, 0.25) is 0 Å². The summed E-state index contributed by atoms with van der Waals surface area (Å²) in [5, 5.41) is 9.63. The second-order valence-corrected chi connectivity index (χ2v) is 4.86. The summed E-state index contributed by atoms with van der Waals surface area (Å²) in [6.07, 6.45) is 0.727. The average Bonchev–Trinajstić information content (AvgIpc) is 2.48. The monoisotopic (exact) mass is 266 g/mol. The fraction of sp³-hybridized carbons (Fsp3) is 0.600. The predicted octanol–water partition coefficient (Wildman–Crippen LogP) is 1.19. The molecule has 1 aromatic rings. The Morgan fingerprint density at radius 2 is 1.95 bits per heavy atom. The van der Waals surface area contributed by atoms with Gasteiger partial charge >= 0.3 is 0 Å². The van der Waals surface area contributed by atoms with E-state index >= 15 is 0 Å². The van der Waals surface area contributed by atoms with Gasteiger partial charge in [-0.25, -0.2) is 0 Å². The molecule has 0 spiro atoms. The van der Waals surface area contributed by atoms with Crippen LogP contribution < -0.4 is 5.73 Å². The lowest BCUT2D eigenvalue weighted by atomic mass is 9.88. The van der Waals surface area contributed by atoms with E-state index in [0.717, 1.165) is 38.2 Å². The molecular formula is C15H26N2O2. The van der Waals surface area contributed by atoms with Crippen molar-refractivity contribution < 1.29 is 9.84 Å². The van der Waals surface area contributed by atoms with Crippen LogP contribution in [-0.2, 0) is 10.3 Å². The van der Waals surface area contributed by atoms with Gasteiger partial charge in [-0.05, 0) is 18.5 Å². The molecule has 1 rings (SSSR count). The molecule has 0 aliphatic rings.